The molecule has 0 saturated carbocycles. The van der Waals surface area contributed by atoms with Crippen molar-refractivity contribution in [3.8, 4) is 0 Å². The maximum atomic E-state index is 11.6. The van der Waals surface area contributed by atoms with Crippen LogP contribution < -0.4 is 11.1 Å². The van der Waals surface area contributed by atoms with Crippen molar-refractivity contribution in [1.82, 2.24) is 5.32 Å². The van der Waals surface area contributed by atoms with Gasteiger partial charge in [0.05, 0.1) is 6.04 Å². The van der Waals surface area contributed by atoms with Crippen LogP contribution in [0.2, 0.25) is 0 Å². The number of carbonyl (C=O) groups excluding carboxylic acids is 1. The summed E-state index contributed by atoms with van der Waals surface area (Å²) in [6, 6.07) is -0.383. The number of aliphatic hydroxyl groups excluding tert-OH is 1. The molecule has 0 aliphatic heterocycles. The lowest BCUT2D eigenvalue weighted by atomic mass is 10.0. The molecule has 0 radical (unpaired) electrons. The predicted molar refractivity (Wildman–Crippen MR) is 66.0 cm³/mol. The Bertz CT molecular complexity index is 186. The van der Waals surface area contributed by atoms with Gasteiger partial charge in [0.25, 0.3) is 0 Å². The quantitative estimate of drug-likeness (QED) is 0.554. The molecule has 4 N–H and O–H groups in total. The van der Waals surface area contributed by atoms with Crippen molar-refractivity contribution >= 4 is 5.91 Å². The van der Waals surface area contributed by atoms with E-state index in [4.69, 9.17) is 10.8 Å². The molecule has 0 aromatic carbocycles. The number of unbranched alkanes of at least 4 members (excludes halogenated alkanes) is 1. The predicted octanol–water partition coefficient (Wildman–Crippen LogP) is 1.03. The smallest absolute Gasteiger partial charge is 0.236 e. The second-order valence-corrected chi connectivity index (χ2v) is 4.28. The molecule has 0 aliphatic rings. The normalized spacial score (nSPS) is 14.5. The van der Waals surface area contributed by atoms with E-state index < -0.39 is 0 Å². The summed E-state index contributed by atoms with van der Waals surface area (Å²) in [4.78, 5) is 11.6. The summed E-state index contributed by atoms with van der Waals surface area (Å²) < 4.78 is 0. The SMILES string of the molecule is CCCCC(N)C(=O)NCC(CC)CCO. The summed E-state index contributed by atoms with van der Waals surface area (Å²) in [6.45, 7) is 4.94. The molecule has 96 valence electrons. The van der Waals surface area contributed by atoms with Gasteiger partial charge < -0.3 is 16.2 Å². The monoisotopic (exact) mass is 230 g/mol. The van der Waals surface area contributed by atoms with Gasteiger partial charge in [-0.1, -0.05) is 33.1 Å². The molecule has 0 aromatic heterocycles. The van der Waals surface area contributed by atoms with E-state index >= 15 is 0 Å². The van der Waals surface area contributed by atoms with Crippen LogP contribution in [-0.2, 0) is 4.79 Å². The largest absolute Gasteiger partial charge is 0.396 e. The lowest BCUT2D eigenvalue weighted by molar-refractivity contribution is -0.122. The number of nitrogens with two attached hydrogens (primary N) is 1. The Kier molecular flexibility index (Phi) is 9.24. The molecule has 0 aliphatic carbocycles. The van der Waals surface area contributed by atoms with Crippen molar-refractivity contribution in [3.63, 3.8) is 0 Å². The lowest BCUT2D eigenvalue weighted by Gasteiger charge is -2.16. The van der Waals surface area contributed by atoms with E-state index in [0.717, 1.165) is 32.1 Å². The maximum Gasteiger partial charge on any atom is 0.236 e. The molecule has 4 nitrogen and oxygen atoms in total. The van der Waals surface area contributed by atoms with E-state index in [2.05, 4.69) is 19.2 Å². The van der Waals surface area contributed by atoms with Gasteiger partial charge in [-0.25, -0.2) is 0 Å². The van der Waals surface area contributed by atoms with Crippen LogP contribution in [0.1, 0.15) is 46.0 Å². The highest BCUT2D eigenvalue weighted by Crippen LogP contribution is 2.06. The van der Waals surface area contributed by atoms with Crippen LogP contribution >= 0.6 is 0 Å². The molecule has 0 saturated heterocycles. The molecule has 0 spiro atoms. The van der Waals surface area contributed by atoms with E-state index in [1.807, 2.05) is 0 Å². The summed E-state index contributed by atoms with van der Waals surface area (Å²) in [7, 11) is 0. The van der Waals surface area contributed by atoms with Crippen LogP contribution in [0.3, 0.4) is 0 Å². The molecule has 4 heteroatoms. The van der Waals surface area contributed by atoms with Crippen molar-refractivity contribution in [2.45, 2.75) is 52.0 Å². The Labute approximate surface area is 98.6 Å². The summed E-state index contributed by atoms with van der Waals surface area (Å²) in [6.07, 6.45) is 4.50. The first-order valence-corrected chi connectivity index (χ1v) is 6.29. The molecule has 2 unspecified atom stereocenters. The van der Waals surface area contributed by atoms with Crippen molar-refractivity contribution in [2.75, 3.05) is 13.2 Å². The van der Waals surface area contributed by atoms with Crippen LogP contribution in [0.15, 0.2) is 0 Å². The van der Waals surface area contributed by atoms with Gasteiger partial charge in [0, 0.05) is 13.2 Å². The van der Waals surface area contributed by atoms with E-state index in [0.29, 0.717) is 12.5 Å². The Morgan fingerprint density at radius 3 is 2.56 bits per heavy atom. The molecule has 0 heterocycles. The lowest BCUT2D eigenvalue weighted by Crippen LogP contribution is -2.42. The van der Waals surface area contributed by atoms with Crippen LogP contribution in [-0.4, -0.2) is 30.2 Å². The Morgan fingerprint density at radius 2 is 2.06 bits per heavy atom. The summed E-state index contributed by atoms with van der Waals surface area (Å²) in [5, 5.41) is 11.7. The molecule has 0 bridgehead atoms. The average molecular weight is 230 g/mol. The fraction of sp³-hybridized carbons (Fsp3) is 0.917. The van der Waals surface area contributed by atoms with Gasteiger partial charge in [0.15, 0.2) is 0 Å². The third-order valence-corrected chi connectivity index (χ3v) is 2.89. The van der Waals surface area contributed by atoms with Gasteiger partial charge in [0.2, 0.25) is 5.91 Å². The highest BCUT2D eigenvalue weighted by molar-refractivity contribution is 5.81. The second-order valence-electron chi connectivity index (χ2n) is 4.28. The Balaban J connectivity index is 3.76. The van der Waals surface area contributed by atoms with E-state index in [9.17, 15) is 4.79 Å². The first-order chi connectivity index (χ1) is 7.65. The van der Waals surface area contributed by atoms with Gasteiger partial charge in [-0.2, -0.15) is 0 Å². The average Bonchev–Trinajstić information content (AvgIpc) is 2.30. The highest BCUT2D eigenvalue weighted by Gasteiger charge is 2.14. The minimum atomic E-state index is -0.383. The molecule has 0 aromatic rings. The number of hydrogen-bond donors (Lipinski definition) is 3. The van der Waals surface area contributed by atoms with E-state index in [1.54, 1.807) is 0 Å². The molecular formula is C12H26N2O2. The third-order valence-electron chi connectivity index (χ3n) is 2.89. The van der Waals surface area contributed by atoms with Crippen molar-refractivity contribution in [3.05, 3.63) is 0 Å². The van der Waals surface area contributed by atoms with Gasteiger partial charge >= 0.3 is 0 Å². The minimum Gasteiger partial charge on any atom is -0.396 e. The van der Waals surface area contributed by atoms with Gasteiger partial charge in [-0.05, 0) is 18.8 Å². The zero-order valence-electron chi connectivity index (χ0n) is 10.5. The first-order valence-electron chi connectivity index (χ1n) is 6.29. The summed E-state index contributed by atoms with van der Waals surface area (Å²) in [5.41, 5.74) is 5.74. The van der Waals surface area contributed by atoms with Gasteiger partial charge in [0.1, 0.15) is 0 Å². The maximum absolute atomic E-state index is 11.6. The molecule has 16 heavy (non-hydrogen) atoms. The van der Waals surface area contributed by atoms with Crippen molar-refractivity contribution in [2.24, 2.45) is 11.7 Å². The van der Waals surface area contributed by atoms with Crippen molar-refractivity contribution in [1.29, 1.82) is 0 Å². The summed E-state index contributed by atoms with van der Waals surface area (Å²) >= 11 is 0. The summed E-state index contributed by atoms with van der Waals surface area (Å²) in [5.74, 6) is 0.289. The van der Waals surface area contributed by atoms with Crippen molar-refractivity contribution < 1.29 is 9.90 Å². The fourth-order valence-corrected chi connectivity index (χ4v) is 1.56. The van der Waals surface area contributed by atoms with Crippen LogP contribution in [0.4, 0.5) is 0 Å². The molecule has 1 amide bonds. The third kappa shape index (κ3) is 6.80. The Morgan fingerprint density at radius 1 is 1.38 bits per heavy atom. The van der Waals surface area contributed by atoms with Crippen LogP contribution in [0.5, 0.6) is 0 Å². The number of hydrogen-bond acceptors (Lipinski definition) is 3. The number of carbonyl (C=O) groups is 1. The fourth-order valence-electron chi connectivity index (χ4n) is 1.56. The van der Waals surface area contributed by atoms with Gasteiger partial charge in [-0.15, -0.1) is 0 Å². The zero-order chi connectivity index (χ0) is 12.4. The highest BCUT2D eigenvalue weighted by atomic mass is 16.3. The number of amides is 1. The first kappa shape index (κ1) is 15.4. The minimum absolute atomic E-state index is 0.0650. The number of nitrogens with one attached hydrogen (secondary N) is 1. The Hall–Kier alpha value is -0.610. The topological polar surface area (TPSA) is 75.4 Å². The zero-order valence-corrected chi connectivity index (χ0v) is 10.5. The molecule has 0 rings (SSSR count). The molecule has 2 atom stereocenters. The van der Waals surface area contributed by atoms with Crippen LogP contribution in [0.25, 0.3) is 0 Å². The van der Waals surface area contributed by atoms with E-state index in [-0.39, 0.29) is 18.6 Å². The molecule has 0 fully saturated rings. The van der Waals surface area contributed by atoms with Crippen LogP contribution in [0, 0.1) is 5.92 Å². The second kappa shape index (κ2) is 9.60. The molecular weight excluding hydrogens is 204 g/mol. The van der Waals surface area contributed by atoms with E-state index in [1.165, 1.54) is 0 Å². The number of rotatable bonds is 9. The van der Waals surface area contributed by atoms with Gasteiger partial charge in [-0.3, -0.25) is 4.79 Å². The number of aliphatic hydroxyl groups is 1. The standard InChI is InChI=1S/C12H26N2O2/c1-3-5-6-11(13)12(16)14-9-10(4-2)7-8-15/h10-11,15H,3-9,13H2,1-2H3,(H,14,16).